The van der Waals surface area contributed by atoms with Crippen molar-refractivity contribution in [2.75, 3.05) is 0 Å². The lowest BCUT2D eigenvalue weighted by atomic mass is 10.2. The molecule has 0 aliphatic carbocycles. The average molecular weight is 448 g/mol. The summed E-state index contributed by atoms with van der Waals surface area (Å²) in [6.45, 7) is 3.81. The van der Waals surface area contributed by atoms with Crippen molar-refractivity contribution in [3.63, 3.8) is 0 Å². The van der Waals surface area contributed by atoms with E-state index in [4.69, 9.17) is 4.98 Å². The highest BCUT2D eigenvalue weighted by molar-refractivity contribution is 7.98. The molecule has 0 fully saturated rings. The van der Waals surface area contributed by atoms with Crippen LogP contribution in [0.1, 0.15) is 16.3 Å². The Morgan fingerprint density at radius 2 is 1.77 bits per heavy atom. The Hall–Kier alpha value is -3.30. The van der Waals surface area contributed by atoms with Crippen molar-refractivity contribution < 1.29 is 0 Å². The predicted molar refractivity (Wildman–Crippen MR) is 124 cm³/mol. The van der Waals surface area contributed by atoms with E-state index in [1.54, 1.807) is 10.6 Å². The van der Waals surface area contributed by atoms with Crippen molar-refractivity contribution in [3.05, 3.63) is 91.6 Å². The third-order valence-electron chi connectivity index (χ3n) is 4.85. The van der Waals surface area contributed by atoms with E-state index in [9.17, 15) is 9.59 Å². The number of rotatable bonds is 4. The van der Waals surface area contributed by atoms with Crippen molar-refractivity contribution >= 4 is 39.0 Å². The number of aromatic nitrogens is 5. The summed E-state index contributed by atoms with van der Waals surface area (Å²) in [5.41, 5.74) is 2.69. The van der Waals surface area contributed by atoms with Gasteiger partial charge < -0.3 is 0 Å². The second-order valence-electron chi connectivity index (χ2n) is 7.03. The quantitative estimate of drug-likeness (QED) is 0.308. The fraction of sp³-hybridized carbons (Fsp3) is 0.136. The first kappa shape index (κ1) is 19.7. The molecule has 3 heterocycles. The number of aryl methyl sites for hydroxylation is 2. The Balaban J connectivity index is 1.62. The molecular formula is C22H17N5O2S2. The first-order valence-electron chi connectivity index (χ1n) is 9.58. The molecular weight excluding hydrogens is 430 g/mol. The molecule has 0 aliphatic rings. The lowest BCUT2D eigenvalue weighted by Gasteiger charge is -2.15. The number of para-hydroxylation sites is 2. The molecule has 0 radical (unpaired) electrons. The van der Waals surface area contributed by atoms with Crippen LogP contribution in [0, 0.1) is 13.8 Å². The third kappa shape index (κ3) is 3.55. The number of thioether (sulfide) groups is 1. The molecule has 0 N–H and O–H groups in total. The molecule has 0 aliphatic heterocycles. The first-order valence-corrected chi connectivity index (χ1v) is 11.4. The zero-order valence-corrected chi connectivity index (χ0v) is 18.4. The summed E-state index contributed by atoms with van der Waals surface area (Å²) in [6, 6.07) is 16.5. The van der Waals surface area contributed by atoms with Gasteiger partial charge in [0, 0.05) is 11.8 Å². The summed E-state index contributed by atoms with van der Waals surface area (Å²) in [7, 11) is 0. The molecule has 0 unspecified atom stereocenters. The van der Waals surface area contributed by atoms with Crippen LogP contribution >= 0.6 is 23.1 Å². The summed E-state index contributed by atoms with van der Waals surface area (Å²) >= 11 is 2.75. The summed E-state index contributed by atoms with van der Waals surface area (Å²) < 4.78 is 2.95. The Labute approximate surface area is 185 Å². The van der Waals surface area contributed by atoms with Gasteiger partial charge in [-0.25, -0.2) is 9.97 Å². The van der Waals surface area contributed by atoms with Crippen molar-refractivity contribution in [1.29, 1.82) is 0 Å². The van der Waals surface area contributed by atoms with Crippen LogP contribution in [0.2, 0.25) is 0 Å². The summed E-state index contributed by atoms with van der Waals surface area (Å²) in [5, 5.41) is 6.07. The van der Waals surface area contributed by atoms with Gasteiger partial charge >= 0.3 is 0 Å². The molecule has 5 aromatic rings. The van der Waals surface area contributed by atoms with Crippen LogP contribution in [-0.4, -0.2) is 24.1 Å². The van der Waals surface area contributed by atoms with Crippen molar-refractivity contribution in [2.24, 2.45) is 0 Å². The van der Waals surface area contributed by atoms with Crippen LogP contribution in [0.5, 0.6) is 0 Å². The first-order chi connectivity index (χ1) is 15.0. The van der Waals surface area contributed by atoms with Gasteiger partial charge in [0.25, 0.3) is 11.1 Å². The maximum absolute atomic E-state index is 13.4. The van der Waals surface area contributed by atoms with Crippen LogP contribution < -0.4 is 11.1 Å². The summed E-state index contributed by atoms with van der Waals surface area (Å²) in [5.74, 6) is 0.402. The zero-order chi connectivity index (χ0) is 21.5. The van der Waals surface area contributed by atoms with Gasteiger partial charge in [0.1, 0.15) is 5.01 Å². The molecule has 0 bridgehead atoms. The Morgan fingerprint density at radius 3 is 2.61 bits per heavy atom. The molecule has 31 heavy (non-hydrogen) atoms. The van der Waals surface area contributed by atoms with E-state index in [2.05, 4.69) is 10.1 Å². The molecule has 0 saturated heterocycles. The van der Waals surface area contributed by atoms with Crippen molar-refractivity contribution in [1.82, 2.24) is 24.1 Å². The highest BCUT2D eigenvalue weighted by Crippen LogP contribution is 2.25. The maximum Gasteiger partial charge on any atom is 0.275 e. The topological polar surface area (TPSA) is 82.2 Å². The molecule has 9 heteroatoms. The maximum atomic E-state index is 13.4. The number of hydrogen-bond donors (Lipinski definition) is 0. The smallest absolute Gasteiger partial charge is 0.268 e. The predicted octanol–water partition coefficient (Wildman–Crippen LogP) is 3.76. The molecule has 7 nitrogen and oxygen atoms in total. The largest absolute Gasteiger partial charge is 0.275 e. The van der Waals surface area contributed by atoms with Gasteiger partial charge in [0.05, 0.1) is 22.3 Å². The number of benzene rings is 2. The lowest BCUT2D eigenvalue weighted by molar-refractivity contribution is 0.813. The molecule has 3 aromatic heterocycles. The fourth-order valence-electron chi connectivity index (χ4n) is 3.40. The van der Waals surface area contributed by atoms with Crippen LogP contribution in [0.15, 0.2) is 69.3 Å². The van der Waals surface area contributed by atoms with E-state index in [1.165, 1.54) is 33.7 Å². The van der Waals surface area contributed by atoms with E-state index < -0.39 is 0 Å². The average Bonchev–Trinajstić information content (AvgIpc) is 3.14. The van der Waals surface area contributed by atoms with E-state index in [-0.39, 0.29) is 11.1 Å². The molecule has 0 atom stereocenters. The van der Waals surface area contributed by atoms with Gasteiger partial charge in [-0.05, 0) is 37.6 Å². The Morgan fingerprint density at radius 1 is 1.00 bits per heavy atom. The zero-order valence-electron chi connectivity index (χ0n) is 16.8. The van der Waals surface area contributed by atoms with Gasteiger partial charge in [-0.3, -0.25) is 14.2 Å². The minimum atomic E-state index is -0.215. The SMILES string of the molecule is Cc1nn2c(=O)cc(CSc3nc4ccccc4c(=O)n3-c3ccccc3C)nc2s1. The van der Waals surface area contributed by atoms with Crippen LogP contribution in [0.25, 0.3) is 21.6 Å². The van der Waals surface area contributed by atoms with Gasteiger partial charge in [-0.2, -0.15) is 9.61 Å². The van der Waals surface area contributed by atoms with E-state index in [1.807, 2.05) is 56.3 Å². The molecule has 5 rings (SSSR count). The van der Waals surface area contributed by atoms with Crippen LogP contribution in [-0.2, 0) is 5.75 Å². The molecule has 0 amide bonds. The monoisotopic (exact) mass is 447 g/mol. The van der Waals surface area contributed by atoms with Gasteiger partial charge in [-0.1, -0.05) is 53.4 Å². The highest BCUT2D eigenvalue weighted by Gasteiger charge is 2.15. The van der Waals surface area contributed by atoms with Crippen LogP contribution in [0.4, 0.5) is 0 Å². The van der Waals surface area contributed by atoms with Gasteiger partial charge in [0.15, 0.2) is 5.16 Å². The summed E-state index contributed by atoms with van der Waals surface area (Å²) in [6.07, 6.45) is 0. The lowest BCUT2D eigenvalue weighted by Crippen LogP contribution is -2.22. The molecule has 2 aromatic carbocycles. The van der Waals surface area contributed by atoms with Crippen molar-refractivity contribution in [2.45, 2.75) is 24.8 Å². The molecule has 154 valence electrons. The van der Waals surface area contributed by atoms with Gasteiger partial charge in [-0.15, -0.1) is 0 Å². The number of fused-ring (bicyclic) bond motifs is 2. The van der Waals surface area contributed by atoms with E-state index in [0.717, 1.165) is 16.3 Å². The number of hydrogen-bond acceptors (Lipinski definition) is 7. The third-order valence-corrected chi connectivity index (χ3v) is 6.65. The number of nitrogens with zero attached hydrogens (tertiary/aromatic N) is 5. The second-order valence-corrected chi connectivity index (χ2v) is 9.13. The Bertz CT molecular complexity index is 1570. The van der Waals surface area contributed by atoms with Gasteiger partial charge in [0.2, 0.25) is 4.96 Å². The second kappa shape index (κ2) is 7.75. The van der Waals surface area contributed by atoms with Crippen LogP contribution in [0.3, 0.4) is 0 Å². The van der Waals surface area contributed by atoms with Crippen molar-refractivity contribution in [3.8, 4) is 5.69 Å². The minimum Gasteiger partial charge on any atom is -0.268 e. The minimum absolute atomic E-state index is 0.121. The standard InChI is InChI=1S/C22H17N5O2S2/c1-13-7-3-6-10-18(13)26-20(29)16-8-4-5-9-17(16)24-21(26)30-12-15-11-19(28)27-22(23-15)31-14(2)25-27/h3-11H,12H2,1-2H3. The van der Waals surface area contributed by atoms with E-state index >= 15 is 0 Å². The molecule has 0 saturated carbocycles. The van der Waals surface area contributed by atoms with E-state index in [0.29, 0.717) is 32.5 Å². The normalized spacial score (nSPS) is 11.4. The Kier molecular flexibility index (Phi) is 4.91. The molecule has 0 spiro atoms. The fourth-order valence-corrected chi connectivity index (χ4v) is 5.07. The summed E-state index contributed by atoms with van der Waals surface area (Å²) in [4.78, 5) is 35.6. The highest BCUT2D eigenvalue weighted by atomic mass is 32.2.